The predicted octanol–water partition coefficient (Wildman–Crippen LogP) is 4.67. The van der Waals surface area contributed by atoms with Crippen LogP contribution in [0.15, 0.2) is 51.7 Å². The molecular weight excluding hydrogens is 382 g/mol. The van der Waals surface area contributed by atoms with Gasteiger partial charge < -0.3 is 18.8 Å². The van der Waals surface area contributed by atoms with Crippen molar-refractivity contribution in [1.82, 2.24) is 0 Å². The number of aryl methyl sites for hydroxylation is 1. The second kappa shape index (κ2) is 8.61. The Bertz CT molecular complexity index is 1120. The first-order valence-corrected chi connectivity index (χ1v) is 10.3. The number of rotatable bonds is 6. The summed E-state index contributed by atoms with van der Waals surface area (Å²) in [5.74, 6) is 0.418. The number of benzene rings is 2. The maximum Gasteiger partial charge on any atom is 0.338 e. The van der Waals surface area contributed by atoms with Crippen LogP contribution in [0.25, 0.3) is 11.0 Å². The minimum absolute atomic E-state index is 0.310. The predicted molar refractivity (Wildman–Crippen MR) is 115 cm³/mol. The molecule has 3 aromatic rings. The van der Waals surface area contributed by atoms with E-state index in [1.165, 1.54) is 0 Å². The maximum absolute atomic E-state index is 12.1. The van der Waals surface area contributed by atoms with E-state index in [4.69, 9.17) is 13.9 Å². The SMILES string of the molecule is CCCCOC(=O)c1ccc(N2COc3ccc4c(CC)cc(=O)oc4c3C2)cc1. The van der Waals surface area contributed by atoms with Gasteiger partial charge in [-0.1, -0.05) is 20.3 Å². The molecule has 6 heteroatoms. The number of anilines is 1. The first-order valence-electron chi connectivity index (χ1n) is 10.3. The molecule has 2 heterocycles. The molecule has 30 heavy (non-hydrogen) atoms. The van der Waals surface area contributed by atoms with Crippen LogP contribution in [0.4, 0.5) is 5.69 Å². The highest BCUT2D eigenvalue weighted by atomic mass is 16.5. The lowest BCUT2D eigenvalue weighted by Gasteiger charge is -2.31. The second-order valence-corrected chi connectivity index (χ2v) is 7.37. The number of hydrogen-bond donors (Lipinski definition) is 0. The number of carbonyl (C=O) groups excluding carboxylic acids is 1. The van der Waals surface area contributed by atoms with Crippen LogP contribution in [0.5, 0.6) is 5.75 Å². The number of unbranched alkanes of at least 4 members (excludes halogenated alkanes) is 1. The lowest BCUT2D eigenvalue weighted by molar-refractivity contribution is 0.0500. The Balaban J connectivity index is 1.59. The van der Waals surface area contributed by atoms with E-state index in [-0.39, 0.29) is 11.6 Å². The van der Waals surface area contributed by atoms with Gasteiger partial charge in [0, 0.05) is 17.1 Å². The van der Waals surface area contributed by atoms with Crippen LogP contribution in [-0.4, -0.2) is 19.3 Å². The lowest BCUT2D eigenvalue weighted by atomic mass is 10.0. The van der Waals surface area contributed by atoms with Gasteiger partial charge in [0.05, 0.1) is 24.3 Å². The standard InChI is InChI=1S/C24H25NO5/c1-3-5-12-28-24(27)17-6-8-18(9-7-17)25-14-20-21(29-15-25)11-10-19-16(4-2)13-22(26)30-23(19)20/h6-11,13H,3-5,12,14-15H2,1-2H3. The van der Waals surface area contributed by atoms with Crippen molar-refractivity contribution in [3.8, 4) is 5.75 Å². The van der Waals surface area contributed by atoms with Gasteiger partial charge in [-0.05, 0) is 54.8 Å². The third kappa shape index (κ3) is 3.90. The highest BCUT2D eigenvalue weighted by molar-refractivity contribution is 5.90. The summed E-state index contributed by atoms with van der Waals surface area (Å²) in [4.78, 5) is 26.2. The van der Waals surface area contributed by atoms with Crippen molar-refractivity contribution in [3.05, 3.63) is 69.6 Å². The molecule has 1 aromatic heterocycles. The van der Waals surface area contributed by atoms with Crippen LogP contribution >= 0.6 is 0 Å². The molecule has 0 saturated carbocycles. The van der Waals surface area contributed by atoms with Gasteiger partial charge in [0.2, 0.25) is 0 Å². The molecular formula is C24H25NO5. The fourth-order valence-electron chi connectivity index (χ4n) is 3.66. The molecule has 2 aromatic carbocycles. The molecule has 0 fully saturated rings. The normalized spacial score (nSPS) is 13.1. The molecule has 0 saturated heterocycles. The quantitative estimate of drug-likeness (QED) is 0.336. The summed E-state index contributed by atoms with van der Waals surface area (Å²) in [7, 11) is 0. The van der Waals surface area contributed by atoms with Gasteiger partial charge in [-0.2, -0.15) is 0 Å². The molecule has 0 spiro atoms. The molecule has 0 aliphatic carbocycles. The van der Waals surface area contributed by atoms with E-state index in [2.05, 4.69) is 6.92 Å². The van der Waals surface area contributed by atoms with E-state index < -0.39 is 0 Å². The molecule has 4 rings (SSSR count). The van der Waals surface area contributed by atoms with Crippen molar-refractivity contribution in [2.24, 2.45) is 0 Å². The third-order valence-corrected chi connectivity index (χ3v) is 5.36. The zero-order valence-corrected chi connectivity index (χ0v) is 17.3. The Morgan fingerprint density at radius 1 is 1.13 bits per heavy atom. The summed E-state index contributed by atoms with van der Waals surface area (Å²) in [5.41, 5.74) is 3.49. The molecule has 0 N–H and O–H groups in total. The second-order valence-electron chi connectivity index (χ2n) is 7.37. The van der Waals surface area contributed by atoms with Gasteiger partial charge in [-0.25, -0.2) is 9.59 Å². The van der Waals surface area contributed by atoms with Gasteiger partial charge in [0.15, 0.2) is 6.73 Å². The molecule has 156 valence electrons. The smallest absolute Gasteiger partial charge is 0.338 e. The Kier molecular flexibility index (Phi) is 5.74. The maximum atomic E-state index is 12.1. The zero-order valence-electron chi connectivity index (χ0n) is 17.3. The summed E-state index contributed by atoms with van der Waals surface area (Å²) >= 11 is 0. The topological polar surface area (TPSA) is 69.0 Å². The molecule has 0 amide bonds. The molecule has 1 aliphatic heterocycles. The third-order valence-electron chi connectivity index (χ3n) is 5.36. The van der Waals surface area contributed by atoms with Crippen LogP contribution < -0.4 is 15.3 Å². The average molecular weight is 407 g/mol. The van der Waals surface area contributed by atoms with E-state index in [1.54, 1.807) is 18.2 Å². The van der Waals surface area contributed by atoms with Crippen molar-refractivity contribution < 1.29 is 18.7 Å². The largest absolute Gasteiger partial charge is 0.473 e. The number of carbonyl (C=O) groups is 1. The summed E-state index contributed by atoms with van der Waals surface area (Å²) < 4.78 is 16.8. The fourth-order valence-corrected chi connectivity index (χ4v) is 3.66. The number of hydrogen-bond acceptors (Lipinski definition) is 6. The highest BCUT2D eigenvalue weighted by Crippen LogP contribution is 2.34. The average Bonchev–Trinajstić information content (AvgIpc) is 2.78. The van der Waals surface area contributed by atoms with Crippen molar-refractivity contribution in [2.45, 2.75) is 39.7 Å². The van der Waals surface area contributed by atoms with E-state index >= 15 is 0 Å². The Morgan fingerprint density at radius 3 is 2.67 bits per heavy atom. The molecule has 6 nitrogen and oxygen atoms in total. The van der Waals surface area contributed by atoms with Crippen molar-refractivity contribution in [1.29, 1.82) is 0 Å². The first kappa shape index (κ1) is 20.0. The highest BCUT2D eigenvalue weighted by Gasteiger charge is 2.23. The summed E-state index contributed by atoms with van der Waals surface area (Å²) in [5, 5.41) is 0.937. The molecule has 1 aliphatic rings. The van der Waals surface area contributed by atoms with Crippen LogP contribution in [0.2, 0.25) is 0 Å². The number of esters is 1. The van der Waals surface area contributed by atoms with Gasteiger partial charge in [-0.3, -0.25) is 0 Å². The van der Waals surface area contributed by atoms with Crippen LogP contribution in [-0.2, 0) is 17.7 Å². The van der Waals surface area contributed by atoms with Crippen LogP contribution in [0, 0.1) is 0 Å². The summed E-state index contributed by atoms with van der Waals surface area (Å²) in [6, 6.07) is 12.7. The monoisotopic (exact) mass is 407 g/mol. The van der Waals surface area contributed by atoms with E-state index in [0.29, 0.717) is 31.0 Å². The van der Waals surface area contributed by atoms with Crippen molar-refractivity contribution in [2.75, 3.05) is 18.2 Å². The zero-order chi connectivity index (χ0) is 21.1. The van der Waals surface area contributed by atoms with E-state index in [9.17, 15) is 9.59 Å². The minimum Gasteiger partial charge on any atom is -0.473 e. The van der Waals surface area contributed by atoms with Crippen molar-refractivity contribution >= 4 is 22.6 Å². The number of nitrogens with zero attached hydrogens (tertiary/aromatic N) is 1. The Morgan fingerprint density at radius 2 is 1.93 bits per heavy atom. The van der Waals surface area contributed by atoms with Gasteiger partial charge >= 0.3 is 11.6 Å². The number of ether oxygens (including phenoxy) is 2. The first-order chi connectivity index (χ1) is 14.6. The van der Waals surface area contributed by atoms with Gasteiger partial charge in [0.1, 0.15) is 11.3 Å². The Hall–Kier alpha value is -3.28. The fraction of sp³-hybridized carbons (Fsp3) is 0.333. The molecule has 0 radical (unpaired) electrons. The van der Waals surface area contributed by atoms with Crippen molar-refractivity contribution in [3.63, 3.8) is 0 Å². The van der Waals surface area contributed by atoms with E-state index in [1.807, 2.05) is 36.1 Å². The van der Waals surface area contributed by atoms with Crippen LogP contribution in [0.3, 0.4) is 0 Å². The summed E-state index contributed by atoms with van der Waals surface area (Å²) in [6.07, 6.45) is 2.59. The van der Waals surface area contributed by atoms with E-state index in [0.717, 1.165) is 47.2 Å². The lowest BCUT2D eigenvalue weighted by Crippen LogP contribution is -2.32. The molecule has 0 atom stereocenters. The number of fused-ring (bicyclic) bond motifs is 3. The van der Waals surface area contributed by atoms with Gasteiger partial charge in [0.25, 0.3) is 0 Å². The van der Waals surface area contributed by atoms with Gasteiger partial charge in [-0.15, -0.1) is 0 Å². The summed E-state index contributed by atoms with van der Waals surface area (Å²) in [6.45, 7) is 5.43. The minimum atomic E-state index is -0.351. The molecule has 0 bridgehead atoms. The Labute approximate surface area is 175 Å². The van der Waals surface area contributed by atoms with Crippen LogP contribution in [0.1, 0.15) is 48.2 Å². The molecule has 0 unspecified atom stereocenters.